The first-order valence-corrected chi connectivity index (χ1v) is 3.69. The van der Waals surface area contributed by atoms with E-state index >= 15 is 0 Å². The van der Waals surface area contributed by atoms with Crippen molar-refractivity contribution in [3.8, 4) is 0 Å². The highest BCUT2D eigenvalue weighted by molar-refractivity contribution is 4.68. The topological polar surface area (TPSA) is 0 Å². The lowest BCUT2D eigenvalue weighted by molar-refractivity contribution is -0.188. The quantitative estimate of drug-likeness (QED) is 0.605. The minimum Gasteiger partial charge on any atom is -0.251 e. The molecule has 0 rings (SSSR count). The third-order valence-electron chi connectivity index (χ3n) is 0.976. The van der Waals surface area contributed by atoms with Gasteiger partial charge in [-0.25, -0.2) is 8.78 Å². The van der Waals surface area contributed by atoms with E-state index in [-0.39, 0.29) is 6.67 Å². The molecule has 0 aliphatic heterocycles. The third kappa shape index (κ3) is 14.4. The van der Waals surface area contributed by atoms with Crippen molar-refractivity contribution in [3.05, 3.63) is 0 Å². The van der Waals surface area contributed by atoms with Crippen LogP contribution in [0.25, 0.3) is 0 Å². The van der Waals surface area contributed by atoms with Crippen LogP contribution in [0, 0.1) is 0 Å². The van der Waals surface area contributed by atoms with E-state index in [4.69, 9.17) is 0 Å². The summed E-state index contributed by atoms with van der Waals surface area (Å²) in [5.41, 5.74) is 0. The van der Waals surface area contributed by atoms with Gasteiger partial charge in [0.2, 0.25) is 0 Å². The number of halogens is 6. The molecular formula is C7H12F6. The first-order valence-electron chi connectivity index (χ1n) is 3.69. The van der Waals surface area contributed by atoms with Crippen LogP contribution in [-0.2, 0) is 0 Å². The molecule has 6 heteroatoms. The standard InChI is InChI=1S/C5H7F5.C2H5F/c1-2-4(6,7)3-5(8,9)10;1-2-3/h2-3H2,1H3;2H2,1H3. The van der Waals surface area contributed by atoms with Crippen LogP contribution in [0.2, 0.25) is 0 Å². The van der Waals surface area contributed by atoms with Gasteiger partial charge in [-0.05, 0) is 6.92 Å². The van der Waals surface area contributed by atoms with Crippen molar-refractivity contribution in [2.75, 3.05) is 6.67 Å². The zero-order chi connectivity index (χ0) is 11.1. The molecule has 0 atom stereocenters. The smallest absolute Gasteiger partial charge is 0.251 e. The molecule has 0 amide bonds. The van der Waals surface area contributed by atoms with Gasteiger partial charge in [0.05, 0.1) is 6.67 Å². The third-order valence-corrected chi connectivity index (χ3v) is 0.976. The molecule has 0 saturated heterocycles. The average Bonchev–Trinajstić information content (AvgIpc) is 1.84. The SMILES string of the molecule is CCC(F)(F)CC(F)(F)F.CCF. The molecule has 82 valence electrons. The van der Waals surface area contributed by atoms with Crippen LogP contribution in [0.15, 0.2) is 0 Å². The molecule has 0 N–H and O–H groups in total. The van der Waals surface area contributed by atoms with Crippen molar-refractivity contribution in [2.45, 2.75) is 38.8 Å². The molecule has 0 aromatic carbocycles. The Morgan fingerprint density at radius 2 is 1.23 bits per heavy atom. The van der Waals surface area contributed by atoms with Gasteiger partial charge in [-0.2, -0.15) is 13.2 Å². The number of hydrogen-bond acceptors (Lipinski definition) is 0. The van der Waals surface area contributed by atoms with Crippen LogP contribution in [0.1, 0.15) is 26.7 Å². The second kappa shape index (κ2) is 6.10. The summed E-state index contributed by atoms with van der Waals surface area (Å²) in [6, 6.07) is 0. The molecule has 13 heavy (non-hydrogen) atoms. The van der Waals surface area contributed by atoms with E-state index in [1.54, 1.807) is 0 Å². The largest absolute Gasteiger partial charge is 0.394 e. The fraction of sp³-hybridized carbons (Fsp3) is 1.00. The molecular weight excluding hydrogens is 198 g/mol. The van der Waals surface area contributed by atoms with Crippen molar-refractivity contribution in [1.82, 2.24) is 0 Å². The molecule has 0 nitrogen and oxygen atoms in total. The maximum Gasteiger partial charge on any atom is 0.394 e. The van der Waals surface area contributed by atoms with E-state index in [0.29, 0.717) is 0 Å². The van der Waals surface area contributed by atoms with Gasteiger partial charge in [-0.1, -0.05) is 6.92 Å². The van der Waals surface area contributed by atoms with Gasteiger partial charge in [0.15, 0.2) is 0 Å². The Balaban J connectivity index is 0. The van der Waals surface area contributed by atoms with Crippen LogP contribution < -0.4 is 0 Å². The van der Waals surface area contributed by atoms with E-state index in [2.05, 4.69) is 0 Å². The van der Waals surface area contributed by atoms with Gasteiger partial charge in [0.1, 0.15) is 6.42 Å². The van der Waals surface area contributed by atoms with E-state index in [1.807, 2.05) is 0 Å². The Kier molecular flexibility index (Phi) is 7.07. The van der Waals surface area contributed by atoms with E-state index in [1.165, 1.54) is 6.92 Å². The van der Waals surface area contributed by atoms with Gasteiger partial charge < -0.3 is 0 Å². The van der Waals surface area contributed by atoms with Gasteiger partial charge in [0.25, 0.3) is 5.92 Å². The molecule has 0 fully saturated rings. The zero-order valence-electron chi connectivity index (χ0n) is 7.39. The zero-order valence-corrected chi connectivity index (χ0v) is 7.39. The highest BCUT2D eigenvalue weighted by Gasteiger charge is 2.41. The van der Waals surface area contributed by atoms with Crippen molar-refractivity contribution in [2.24, 2.45) is 0 Å². The summed E-state index contributed by atoms with van der Waals surface area (Å²) in [5.74, 6) is -3.60. The Bertz CT molecular complexity index is 117. The molecule has 0 spiro atoms. The Hall–Kier alpha value is -0.420. The fourth-order valence-corrected chi connectivity index (χ4v) is 0.418. The van der Waals surface area contributed by atoms with Crippen LogP contribution in [0.3, 0.4) is 0 Å². The number of rotatable bonds is 2. The summed E-state index contributed by atoms with van der Waals surface area (Å²) in [6.45, 7) is 2.23. The van der Waals surface area contributed by atoms with Crippen molar-refractivity contribution in [1.29, 1.82) is 0 Å². The summed E-state index contributed by atoms with van der Waals surface area (Å²) in [4.78, 5) is 0. The normalized spacial score (nSPS) is 12.0. The van der Waals surface area contributed by atoms with Crippen molar-refractivity contribution < 1.29 is 26.3 Å². The predicted molar refractivity (Wildman–Crippen MR) is 37.6 cm³/mol. The Labute approximate surface area is 72.9 Å². The molecule has 0 aliphatic rings. The highest BCUT2D eigenvalue weighted by Crippen LogP contribution is 2.33. The average molecular weight is 210 g/mol. The van der Waals surface area contributed by atoms with Crippen LogP contribution in [-0.4, -0.2) is 18.8 Å². The molecule has 0 bridgehead atoms. The number of hydrogen-bond donors (Lipinski definition) is 0. The Morgan fingerprint density at radius 3 is 1.31 bits per heavy atom. The summed E-state index contributed by atoms with van der Waals surface area (Å²) >= 11 is 0. The van der Waals surface area contributed by atoms with Crippen LogP contribution in [0.4, 0.5) is 26.3 Å². The monoisotopic (exact) mass is 210 g/mol. The summed E-state index contributed by atoms with van der Waals surface area (Å²) < 4.78 is 67.9. The first-order chi connectivity index (χ1) is 5.68. The molecule has 0 unspecified atom stereocenters. The minimum atomic E-state index is -4.76. The second-order valence-electron chi connectivity index (χ2n) is 2.27. The minimum absolute atomic E-state index is 0.250. The Morgan fingerprint density at radius 1 is 0.923 bits per heavy atom. The van der Waals surface area contributed by atoms with E-state index in [0.717, 1.165) is 6.92 Å². The summed E-state index contributed by atoms with van der Waals surface area (Å²) in [7, 11) is 0. The van der Waals surface area contributed by atoms with E-state index < -0.39 is 24.9 Å². The molecule has 0 aliphatic carbocycles. The van der Waals surface area contributed by atoms with Crippen molar-refractivity contribution in [3.63, 3.8) is 0 Å². The lowest BCUT2D eigenvalue weighted by atomic mass is 10.2. The summed E-state index contributed by atoms with van der Waals surface area (Å²) in [6.07, 6.45) is -7.55. The van der Waals surface area contributed by atoms with E-state index in [9.17, 15) is 26.3 Å². The summed E-state index contributed by atoms with van der Waals surface area (Å²) in [5, 5.41) is 0. The van der Waals surface area contributed by atoms with Crippen LogP contribution >= 0.6 is 0 Å². The van der Waals surface area contributed by atoms with Gasteiger partial charge in [-0.3, -0.25) is 4.39 Å². The molecule has 0 aromatic rings. The lowest BCUT2D eigenvalue weighted by Crippen LogP contribution is -2.24. The molecule has 0 radical (unpaired) electrons. The second-order valence-corrected chi connectivity index (χ2v) is 2.27. The van der Waals surface area contributed by atoms with Gasteiger partial charge in [0, 0.05) is 6.42 Å². The molecule has 0 saturated carbocycles. The predicted octanol–water partition coefficient (Wildman–Crippen LogP) is 3.96. The lowest BCUT2D eigenvalue weighted by Gasteiger charge is -2.15. The molecule has 0 aromatic heterocycles. The van der Waals surface area contributed by atoms with Crippen molar-refractivity contribution >= 4 is 0 Å². The molecule has 0 heterocycles. The maximum atomic E-state index is 11.9. The first kappa shape index (κ1) is 15.1. The fourth-order valence-electron chi connectivity index (χ4n) is 0.418. The maximum absolute atomic E-state index is 11.9. The number of alkyl halides is 6. The highest BCUT2D eigenvalue weighted by atomic mass is 19.4. The van der Waals surface area contributed by atoms with Crippen LogP contribution in [0.5, 0.6) is 0 Å². The van der Waals surface area contributed by atoms with Gasteiger partial charge in [-0.15, -0.1) is 0 Å². The van der Waals surface area contributed by atoms with Gasteiger partial charge >= 0.3 is 6.18 Å².